The third-order valence-electron chi connectivity index (χ3n) is 2.06. The van der Waals surface area contributed by atoms with Crippen molar-refractivity contribution < 1.29 is 45.4 Å². The standard InChI is InChI=1S/C13H21NO3.3CO.Fe/c1-5-6-7-8-12(15)14-11(9-10(2)3)13(16)17-4;3*1-2;/h5-8,10-11H,9H2,1-4H3,(H,14,15);;;;/t11-;;;;/m0..../s1. The molecule has 0 aromatic heterocycles. The molecular weight excluding hydrogens is 358 g/mol. The summed E-state index contributed by atoms with van der Waals surface area (Å²) in [6.45, 7) is 19.3. The third kappa shape index (κ3) is 25.6. The number of unbranched alkanes of at least 4 members (excludes halogenated alkanes) is 2. The number of amides is 1. The average molecular weight is 379 g/mol. The summed E-state index contributed by atoms with van der Waals surface area (Å²) >= 11 is 0. The van der Waals surface area contributed by atoms with Crippen molar-refractivity contribution in [3.8, 4) is 0 Å². The van der Waals surface area contributed by atoms with Gasteiger partial charge in [-0.25, -0.2) is 4.79 Å². The van der Waals surface area contributed by atoms with Gasteiger partial charge in [0.1, 0.15) is 6.04 Å². The van der Waals surface area contributed by atoms with E-state index in [0.29, 0.717) is 12.3 Å². The molecule has 1 atom stereocenters. The van der Waals surface area contributed by atoms with E-state index in [4.69, 9.17) is 14.0 Å². The maximum absolute atomic E-state index is 11.5. The summed E-state index contributed by atoms with van der Waals surface area (Å²) in [6.07, 6.45) is 7.13. The van der Waals surface area contributed by atoms with Crippen molar-refractivity contribution in [2.45, 2.75) is 33.2 Å². The van der Waals surface area contributed by atoms with Crippen LogP contribution in [-0.4, -0.2) is 25.0 Å². The zero-order chi connectivity index (χ0) is 19.3. The van der Waals surface area contributed by atoms with E-state index >= 15 is 0 Å². The molecule has 0 saturated carbocycles. The van der Waals surface area contributed by atoms with Crippen LogP contribution in [-0.2, 0) is 45.4 Å². The minimum atomic E-state index is -0.581. The van der Waals surface area contributed by atoms with Crippen molar-refractivity contribution >= 4 is 11.9 Å². The van der Waals surface area contributed by atoms with Gasteiger partial charge < -0.3 is 10.1 Å². The second-order valence-electron chi connectivity index (χ2n) is 4.10. The molecule has 0 spiro atoms. The molecule has 4 radical (unpaired) electrons. The van der Waals surface area contributed by atoms with Gasteiger partial charge in [-0.15, -0.1) is 0 Å². The SMILES string of the molecule is C[CH][CH][CH][CH]C(=O)N[C@@H](CC(C)C)C(=O)OC.[C-]#[O+].[C-]#[O+].[C-]#[O+].[Fe]. The van der Waals surface area contributed by atoms with Crippen LogP contribution in [0, 0.1) is 51.6 Å². The molecule has 0 aliphatic heterocycles. The van der Waals surface area contributed by atoms with Gasteiger partial charge in [-0.3, -0.25) is 4.79 Å². The number of nitrogens with one attached hydrogen (secondary N) is 1. The van der Waals surface area contributed by atoms with Gasteiger partial charge in [0.2, 0.25) is 5.91 Å². The van der Waals surface area contributed by atoms with Crippen molar-refractivity contribution in [2.75, 3.05) is 7.11 Å². The number of methoxy groups -OCH3 is 1. The maximum atomic E-state index is 11.5. The van der Waals surface area contributed by atoms with E-state index in [1.54, 1.807) is 12.8 Å². The monoisotopic (exact) mass is 379 g/mol. The molecule has 24 heavy (non-hydrogen) atoms. The van der Waals surface area contributed by atoms with E-state index < -0.39 is 12.0 Å². The number of hydrogen-bond acceptors (Lipinski definition) is 3. The van der Waals surface area contributed by atoms with Gasteiger partial charge in [0.25, 0.3) is 0 Å². The number of hydrogen-bond donors (Lipinski definition) is 1. The first-order chi connectivity index (χ1) is 11.0. The first kappa shape index (κ1) is 34.1. The number of ether oxygens (including phenoxy) is 1. The molecule has 1 amide bonds. The molecule has 0 aliphatic carbocycles. The van der Waals surface area contributed by atoms with Crippen molar-refractivity contribution in [1.82, 2.24) is 5.32 Å². The number of rotatable bonds is 8. The van der Waals surface area contributed by atoms with E-state index in [-0.39, 0.29) is 23.0 Å². The Morgan fingerprint density at radius 3 is 1.88 bits per heavy atom. The molecule has 8 heteroatoms. The fourth-order valence-corrected chi connectivity index (χ4v) is 1.30. The summed E-state index contributed by atoms with van der Waals surface area (Å²) in [7, 11) is 1.32. The number of carbonyl (C=O) groups is 2. The van der Waals surface area contributed by atoms with Crippen molar-refractivity contribution in [3.05, 3.63) is 45.6 Å². The minimum Gasteiger partial charge on any atom is 0 e. The summed E-state index contributed by atoms with van der Waals surface area (Å²) in [5.74, 6) is -0.399. The Hall–Kier alpha value is -1.32. The predicted molar refractivity (Wildman–Crippen MR) is 78.1 cm³/mol. The first-order valence-electron chi connectivity index (χ1n) is 6.30. The van der Waals surface area contributed by atoms with Crippen LogP contribution in [0.3, 0.4) is 0 Å². The Kier molecular flexibility index (Phi) is 42.1. The Balaban J connectivity index is -0.000000153. The van der Waals surface area contributed by atoms with Crippen LogP contribution in [0.25, 0.3) is 0 Å². The van der Waals surface area contributed by atoms with E-state index in [2.05, 4.69) is 30.0 Å². The fraction of sp³-hybridized carbons (Fsp3) is 0.438. The van der Waals surface area contributed by atoms with Crippen LogP contribution < -0.4 is 5.32 Å². The zero-order valence-corrected chi connectivity index (χ0v) is 15.1. The largest absolute Gasteiger partial charge is 0 e. The van der Waals surface area contributed by atoms with Crippen molar-refractivity contribution in [3.63, 3.8) is 0 Å². The van der Waals surface area contributed by atoms with Crippen LogP contribution in [0.15, 0.2) is 0 Å². The molecule has 0 heterocycles. The van der Waals surface area contributed by atoms with Gasteiger partial charge in [0.15, 0.2) is 0 Å². The third-order valence-corrected chi connectivity index (χ3v) is 2.06. The van der Waals surface area contributed by atoms with Gasteiger partial charge in [0, 0.05) is 17.1 Å². The quantitative estimate of drug-likeness (QED) is 0.226. The summed E-state index contributed by atoms with van der Waals surface area (Å²) in [5.41, 5.74) is 0. The second kappa shape index (κ2) is 29.7. The van der Waals surface area contributed by atoms with Gasteiger partial charge in [-0.1, -0.05) is 20.8 Å². The Bertz CT molecular complexity index is 338. The van der Waals surface area contributed by atoms with E-state index in [0.717, 1.165) is 0 Å². The molecule has 0 fully saturated rings. The van der Waals surface area contributed by atoms with Gasteiger partial charge in [-0.2, -0.15) is 0 Å². The molecule has 0 aromatic rings. The predicted octanol–water partition coefficient (Wildman–Crippen LogP) is 1.41. The topological polar surface area (TPSA) is 115 Å². The Morgan fingerprint density at radius 1 is 1.08 bits per heavy atom. The molecule has 134 valence electrons. The molecule has 0 unspecified atom stereocenters. The normalized spacial score (nSPS) is 8.96. The van der Waals surface area contributed by atoms with E-state index in [9.17, 15) is 9.59 Å². The Morgan fingerprint density at radius 2 is 1.54 bits per heavy atom. The van der Waals surface area contributed by atoms with Gasteiger partial charge >= 0.3 is 39.9 Å². The minimum absolute atomic E-state index is 0. The second-order valence-corrected chi connectivity index (χ2v) is 4.10. The number of carbonyl (C=O) groups excluding carboxylic acids is 2. The number of esters is 1. The van der Waals surface area contributed by atoms with Crippen LogP contribution in [0.1, 0.15) is 27.2 Å². The smallest absolute Gasteiger partial charge is 0 e. The first-order valence-corrected chi connectivity index (χ1v) is 6.30. The molecule has 0 aliphatic rings. The van der Waals surface area contributed by atoms with Crippen molar-refractivity contribution in [1.29, 1.82) is 0 Å². The van der Waals surface area contributed by atoms with E-state index in [1.165, 1.54) is 13.5 Å². The average Bonchev–Trinajstić information content (AvgIpc) is 2.58. The summed E-state index contributed by atoms with van der Waals surface area (Å²) in [5, 5.41) is 2.62. The summed E-state index contributed by atoms with van der Waals surface area (Å²) < 4.78 is 27.1. The van der Waals surface area contributed by atoms with E-state index in [1.807, 2.05) is 27.2 Å². The van der Waals surface area contributed by atoms with Crippen LogP contribution in [0.4, 0.5) is 0 Å². The van der Waals surface area contributed by atoms with Crippen molar-refractivity contribution in [2.24, 2.45) is 5.92 Å². The Labute approximate surface area is 154 Å². The summed E-state index contributed by atoms with van der Waals surface area (Å²) in [4.78, 5) is 22.9. The van der Waals surface area contributed by atoms with Crippen LogP contribution in [0.2, 0.25) is 0 Å². The maximum Gasteiger partial charge on any atom is 0 e. The van der Waals surface area contributed by atoms with Crippen LogP contribution in [0.5, 0.6) is 0 Å². The fourth-order valence-electron chi connectivity index (χ4n) is 1.30. The molecular formula is C16H21FeNO6. The molecule has 0 aromatic carbocycles. The van der Waals surface area contributed by atoms with Gasteiger partial charge in [-0.05, 0) is 31.6 Å². The zero-order valence-electron chi connectivity index (χ0n) is 14.0. The molecule has 0 saturated heterocycles. The summed E-state index contributed by atoms with van der Waals surface area (Å²) in [6, 6.07) is -0.581. The molecule has 1 N–H and O–H groups in total. The molecule has 0 rings (SSSR count). The molecule has 0 bridgehead atoms. The molecule has 7 nitrogen and oxygen atoms in total. The van der Waals surface area contributed by atoms with Gasteiger partial charge in [0.05, 0.1) is 13.5 Å². The van der Waals surface area contributed by atoms with Crippen LogP contribution >= 0.6 is 0 Å².